The molecule has 3 aromatic rings. The summed E-state index contributed by atoms with van der Waals surface area (Å²) in [6.45, 7) is -1.39. The molecule has 1 amide bonds. The molecule has 0 atom stereocenters. The van der Waals surface area contributed by atoms with Gasteiger partial charge in [-0.1, -0.05) is 11.6 Å². The summed E-state index contributed by atoms with van der Waals surface area (Å²) in [7, 11) is 0. The minimum atomic E-state index is -4.46. The Balaban J connectivity index is 1.91. The number of rotatable bonds is 3. The number of pyridine rings is 1. The zero-order chi connectivity index (χ0) is 16.6. The zero-order valence-electron chi connectivity index (χ0n) is 11.5. The number of hydrogen-bond acceptors (Lipinski definition) is 2. The second kappa shape index (κ2) is 5.62. The summed E-state index contributed by atoms with van der Waals surface area (Å²) < 4.78 is 36.4. The number of H-pyrrole nitrogens is 2. The summed E-state index contributed by atoms with van der Waals surface area (Å²) in [5.74, 6) is -0.843. The maximum absolute atomic E-state index is 12.1. The average Bonchev–Trinajstić information content (AvgIpc) is 3.12. The van der Waals surface area contributed by atoms with Gasteiger partial charge >= 0.3 is 6.18 Å². The van der Waals surface area contributed by atoms with Gasteiger partial charge in [-0.15, -0.1) is 0 Å². The van der Waals surface area contributed by atoms with Crippen molar-refractivity contribution in [1.29, 1.82) is 0 Å². The molecule has 0 aliphatic heterocycles. The highest BCUT2D eigenvalue weighted by Gasteiger charge is 2.28. The predicted molar refractivity (Wildman–Crippen MR) is 79.3 cm³/mol. The number of carbonyl (C=O) groups is 1. The van der Waals surface area contributed by atoms with Crippen molar-refractivity contribution in [3.05, 3.63) is 41.4 Å². The van der Waals surface area contributed by atoms with E-state index in [4.69, 9.17) is 11.6 Å². The Morgan fingerprint density at radius 1 is 1.35 bits per heavy atom. The first-order chi connectivity index (χ1) is 10.8. The van der Waals surface area contributed by atoms with Gasteiger partial charge in [-0.3, -0.25) is 4.79 Å². The summed E-state index contributed by atoms with van der Waals surface area (Å²) in [6.07, 6.45) is 0.208. The highest BCUT2D eigenvalue weighted by atomic mass is 35.5. The highest BCUT2D eigenvalue weighted by molar-refractivity contribution is 6.34. The first-order valence-corrected chi connectivity index (χ1v) is 6.88. The molecule has 3 aromatic heterocycles. The standard InChI is InChI=1S/C14H10ClF3N4O/c15-9-5-21-12-8(1-2-19-12)11(9)7-3-10(20-4-7)13(23)22-6-14(16,17)18/h1-5,20H,6H2,(H,19,21)(H,22,23). The molecule has 0 aliphatic carbocycles. The van der Waals surface area contributed by atoms with E-state index in [-0.39, 0.29) is 5.69 Å². The van der Waals surface area contributed by atoms with Crippen LogP contribution in [0.15, 0.2) is 30.7 Å². The van der Waals surface area contributed by atoms with Crippen LogP contribution in [-0.2, 0) is 0 Å². The maximum Gasteiger partial charge on any atom is 0.405 e. The van der Waals surface area contributed by atoms with Gasteiger partial charge in [0.1, 0.15) is 17.9 Å². The van der Waals surface area contributed by atoms with Gasteiger partial charge in [0.15, 0.2) is 0 Å². The van der Waals surface area contributed by atoms with Gasteiger partial charge in [0.05, 0.1) is 5.02 Å². The number of hydrogen-bond donors (Lipinski definition) is 3. The summed E-state index contributed by atoms with van der Waals surface area (Å²) in [5.41, 5.74) is 1.86. The predicted octanol–water partition coefficient (Wildman–Crippen LogP) is 3.50. The topological polar surface area (TPSA) is 73.6 Å². The number of amides is 1. The van der Waals surface area contributed by atoms with E-state index in [1.807, 2.05) is 0 Å². The van der Waals surface area contributed by atoms with Crippen LogP contribution in [0.5, 0.6) is 0 Å². The van der Waals surface area contributed by atoms with E-state index in [2.05, 4.69) is 15.0 Å². The van der Waals surface area contributed by atoms with E-state index >= 15 is 0 Å². The first kappa shape index (κ1) is 15.4. The molecule has 0 aromatic carbocycles. The van der Waals surface area contributed by atoms with Crippen molar-refractivity contribution in [2.75, 3.05) is 6.54 Å². The van der Waals surface area contributed by atoms with E-state index in [1.54, 1.807) is 17.6 Å². The minimum absolute atomic E-state index is 0.0146. The molecule has 0 saturated carbocycles. The molecule has 0 aliphatic rings. The fourth-order valence-corrected chi connectivity index (χ4v) is 2.48. The Morgan fingerprint density at radius 3 is 2.87 bits per heavy atom. The monoisotopic (exact) mass is 342 g/mol. The quantitative estimate of drug-likeness (QED) is 0.681. The van der Waals surface area contributed by atoms with Crippen molar-refractivity contribution in [2.45, 2.75) is 6.18 Å². The smallest absolute Gasteiger partial charge is 0.357 e. The number of nitrogens with one attached hydrogen (secondary N) is 3. The highest BCUT2D eigenvalue weighted by Crippen LogP contribution is 2.34. The number of carbonyl (C=O) groups excluding carboxylic acids is 1. The number of nitrogens with zero attached hydrogens (tertiary/aromatic N) is 1. The van der Waals surface area contributed by atoms with Crippen LogP contribution in [0.3, 0.4) is 0 Å². The molecule has 5 nitrogen and oxygen atoms in total. The van der Waals surface area contributed by atoms with Crippen molar-refractivity contribution >= 4 is 28.5 Å². The lowest BCUT2D eigenvalue weighted by Crippen LogP contribution is -2.33. The van der Waals surface area contributed by atoms with Crippen LogP contribution in [0.2, 0.25) is 5.02 Å². The summed E-state index contributed by atoms with van der Waals surface area (Å²) >= 11 is 6.16. The van der Waals surface area contributed by atoms with E-state index in [0.717, 1.165) is 5.39 Å². The second-order valence-electron chi connectivity index (χ2n) is 4.82. The number of aromatic amines is 2. The van der Waals surface area contributed by atoms with Crippen LogP contribution in [0.25, 0.3) is 22.2 Å². The fraction of sp³-hybridized carbons (Fsp3) is 0.143. The van der Waals surface area contributed by atoms with Crippen LogP contribution >= 0.6 is 11.6 Å². The molecule has 0 bridgehead atoms. The molecule has 0 fully saturated rings. The lowest BCUT2D eigenvalue weighted by molar-refractivity contribution is -0.123. The molecule has 23 heavy (non-hydrogen) atoms. The average molecular weight is 343 g/mol. The van der Waals surface area contributed by atoms with Crippen molar-refractivity contribution in [2.24, 2.45) is 0 Å². The van der Waals surface area contributed by atoms with Crippen LogP contribution < -0.4 is 5.32 Å². The summed E-state index contributed by atoms with van der Waals surface area (Å²) in [5, 5.41) is 2.93. The largest absolute Gasteiger partial charge is 0.405 e. The van der Waals surface area contributed by atoms with Crippen molar-refractivity contribution in [3.8, 4) is 11.1 Å². The second-order valence-corrected chi connectivity index (χ2v) is 5.23. The third-order valence-corrected chi connectivity index (χ3v) is 3.49. The fourth-order valence-electron chi connectivity index (χ4n) is 2.22. The lowest BCUT2D eigenvalue weighted by atomic mass is 10.1. The normalized spacial score (nSPS) is 11.8. The molecular weight excluding hydrogens is 333 g/mol. The van der Waals surface area contributed by atoms with Gasteiger partial charge in [-0.25, -0.2) is 4.98 Å². The van der Waals surface area contributed by atoms with E-state index in [9.17, 15) is 18.0 Å². The van der Waals surface area contributed by atoms with Crippen LogP contribution in [0, 0.1) is 0 Å². The first-order valence-electron chi connectivity index (χ1n) is 6.50. The van der Waals surface area contributed by atoms with Gasteiger partial charge in [-0.2, -0.15) is 13.2 Å². The minimum Gasteiger partial charge on any atom is -0.357 e. The Hall–Kier alpha value is -2.48. The third kappa shape index (κ3) is 3.16. The van der Waals surface area contributed by atoms with Crippen molar-refractivity contribution in [1.82, 2.24) is 20.3 Å². The number of fused-ring (bicyclic) bond motifs is 1. The molecular formula is C14H10ClF3N4O. The van der Waals surface area contributed by atoms with Crippen LogP contribution in [0.4, 0.5) is 13.2 Å². The van der Waals surface area contributed by atoms with Crippen molar-refractivity contribution < 1.29 is 18.0 Å². The lowest BCUT2D eigenvalue weighted by Gasteiger charge is -2.07. The van der Waals surface area contributed by atoms with Crippen LogP contribution in [0.1, 0.15) is 10.5 Å². The molecule has 0 radical (unpaired) electrons. The van der Waals surface area contributed by atoms with Gasteiger partial charge in [0.25, 0.3) is 5.91 Å². The summed E-state index contributed by atoms with van der Waals surface area (Å²) in [4.78, 5) is 21.5. The Morgan fingerprint density at radius 2 is 2.13 bits per heavy atom. The molecule has 0 unspecified atom stereocenters. The van der Waals surface area contributed by atoms with Crippen molar-refractivity contribution in [3.63, 3.8) is 0 Å². The van der Waals surface area contributed by atoms with Gasteiger partial charge in [0.2, 0.25) is 0 Å². The molecule has 9 heteroatoms. The number of alkyl halides is 3. The Kier molecular flexibility index (Phi) is 3.77. The maximum atomic E-state index is 12.1. The molecule has 3 N–H and O–H groups in total. The number of halogens is 4. The number of aromatic nitrogens is 3. The van der Waals surface area contributed by atoms with Gasteiger partial charge in [0, 0.05) is 35.1 Å². The molecule has 0 saturated heterocycles. The molecule has 0 spiro atoms. The SMILES string of the molecule is O=C(NCC(F)(F)F)c1cc(-c2c(Cl)cnc3[nH]ccc23)c[nH]1. The molecule has 3 heterocycles. The van der Waals surface area contributed by atoms with Gasteiger partial charge in [-0.05, 0) is 12.1 Å². The zero-order valence-corrected chi connectivity index (χ0v) is 12.2. The van der Waals surface area contributed by atoms with E-state index in [0.29, 0.717) is 21.8 Å². The molecule has 120 valence electrons. The van der Waals surface area contributed by atoms with E-state index < -0.39 is 18.6 Å². The Bertz CT molecular complexity index is 868. The third-order valence-electron chi connectivity index (χ3n) is 3.21. The molecule has 3 rings (SSSR count). The Labute approximate surface area is 132 Å². The summed E-state index contributed by atoms with van der Waals surface area (Å²) in [6, 6.07) is 3.22. The van der Waals surface area contributed by atoms with E-state index in [1.165, 1.54) is 18.5 Å². The van der Waals surface area contributed by atoms with Gasteiger partial charge < -0.3 is 15.3 Å². The van der Waals surface area contributed by atoms with Crippen LogP contribution in [-0.4, -0.2) is 33.6 Å².